The molecule has 1 N–H and O–H groups in total. The third-order valence-electron chi connectivity index (χ3n) is 4.71. The molecule has 2 aromatic rings. The van der Waals surface area contributed by atoms with Crippen LogP contribution < -0.4 is 5.32 Å². The Labute approximate surface area is 155 Å². The number of benzene rings is 2. The lowest BCUT2D eigenvalue weighted by Crippen LogP contribution is -2.31. The lowest BCUT2D eigenvalue weighted by atomic mass is 9.86. The molecule has 0 aliphatic heterocycles. The average Bonchev–Trinajstić information content (AvgIpc) is 2.66. The van der Waals surface area contributed by atoms with Gasteiger partial charge in [-0.05, 0) is 29.5 Å². The Kier molecular flexibility index (Phi) is 7.39. The van der Waals surface area contributed by atoms with Crippen molar-refractivity contribution in [3.8, 4) is 0 Å². The molecule has 4 heteroatoms. The monoisotopic (exact) mass is 353 g/mol. The van der Waals surface area contributed by atoms with Crippen molar-refractivity contribution in [3.05, 3.63) is 71.3 Å². The zero-order chi connectivity index (χ0) is 18.9. The van der Waals surface area contributed by atoms with Crippen LogP contribution in [0.25, 0.3) is 0 Å². The van der Waals surface area contributed by atoms with Crippen molar-refractivity contribution >= 4 is 11.9 Å². The molecule has 0 saturated heterocycles. The Morgan fingerprint density at radius 3 is 2.35 bits per heavy atom. The van der Waals surface area contributed by atoms with Crippen LogP contribution in [0.3, 0.4) is 0 Å². The fraction of sp³-hybridized carbons (Fsp3) is 0.364. The van der Waals surface area contributed by atoms with E-state index in [-0.39, 0.29) is 30.3 Å². The van der Waals surface area contributed by atoms with Gasteiger partial charge in [0.1, 0.15) is 0 Å². The van der Waals surface area contributed by atoms with Crippen molar-refractivity contribution < 1.29 is 14.3 Å². The molecule has 26 heavy (non-hydrogen) atoms. The van der Waals surface area contributed by atoms with Crippen molar-refractivity contribution in [2.24, 2.45) is 5.92 Å². The number of hydrogen-bond acceptors (Lipinski definition) is 3. The van der Waals surface area contributed by atoms with E-state index >= 15 is 0 Å². The number of carbonyl (C=O) groups is 2. The highest BCUT2D eigenvalue weighted by atomic mass is 16.5. The number of ether oxygens (including phenoxy) is 1. The van der Waals surface area contributed by atoms with Crippen molar-refractivity contribution in [3.63, 3.8) is 0 Å². The van der Waals surface area contributed by atoms with E-state index in [1.54, 1.807) is 0 Å². The highest BCUT2D eigenvalue weighted by Gasteiger charge is 2.27. The molecule has 0 spiro atoms. The molecule has 0 radical (unpaired) electrons. The van der Waals surface area contributed by atoms with Gasteiger partial charge < -0.3 is 10.1 Å². The maximum Gasteiger partial charge on any atom is 0.314 e. The number of esters is 1. The molecule has 0 fully saturated rings. The summed E-state index contributed by atoms with van der Waals surface area (Å²) in [5.41, 5.74) is 3.09. The number of aryl methyl sites for hydroxylation is 1. The van der Waals surface area contributed by atoms with E-state index in [0.717, 1.165) is 23.1 Å². The molecule has 2 atom stereocenters. The topological polar surface area (TPSA) is 55.4 Å². The second-order valence-corrected chi connectivity index (χ2v) is 6.58. The summed E-state index contributed by atoms with van der Waals surface area (Å²) in [6, 6.07) is 17.5. The van der Waals surface area contributed by atoms with Crippen LogP contribution in [0.1, 0.15) is 42.9 Å². The van der Waals surface area contributed by atoms with Crippen LogP contribution in [0.15, 0.2) is 54.6 Å². The standard InChI is InChI=1S/C22H27NO3/c1-4-16(2)21(18-11-6-5-7-12-18)22(25)26-15-20(24)23-14-19-13-9-8-10-17(19)3/h5-13,16,21H,4,14-15H2,1-3H3,(H,23,24)/t16-,21+/m1/s1. The van der Waals surface area contributed by atoms with Gasteiger partial charge in [0.2, 0.25) is 0 Å². The van der Waals surface area contributed by atoms with Gasteiger partial charge in [-0.25, -0.2) is 0 Å². The zero-order valence-corrected chi connectivity index (χ0v) is 15.7. The van der Waals surface area contributed by atoms with E-state index in [4.69, 9.17) is 4.74 Å². The lowest BCUT2D eigenvalue weighted by Gasteiger charge is -2.21. The Hall–Kier alpha value is -2.62. The SMILES string of the molecule is CC[C@@H](C)[C@H](C(=O)OCC(=O)NCc1ccccc1C)c1ccccc1. The van der Waals surface area contributed by atoms with Crippen LogP contribution in [0, 0.1) is 12.8 Å². The minimum Gasteiger partial charge on any atom is -0.455 e. The van der Waals surface area contributed by atoms with Crippen molar-refractivity contribution in [1.29, 1.82) is 0 Å². The molecule has 1 amide bonds. The van der Waals surface area contributed by atoms with Gasteiger partial charge in [0, 0.05) is 6.54 Å². The van der Waals surface area contributed by atoms with E-state index in [0.29, 0.717) is 6.54 Å². The van der Waals surface area contributed by atoms with Crippen molar-refractivity contribution in [2.75, 3.05) is 6.61 Å². The molecular weight excluding hydrogens is 326 g/mol. The first-order chi connectivity index (χ1) is 12.5. The molecule has 0 bridgehead atoms. The van der Waals surface area contributed by atoms with E-state index in [2.05, 4.69) is 5.32 Å². The summed E-state index contributed by atoms with van der Waals surface area (Å²) < 4.78 is 5.31. The minimum atomic E-state index is -0.356. The van der Waals surface area contributed by atoms with Crippen molar-refractivity contribution in [2.45, 2.75) is 39.7 Å². The molecule has 2 rings (SSSR count). The number of rotatable bonds is 8. The third kappa shape index (κ3) is 5.45. The van der Waals surface area contributed by atoms with Crippen LogP contribution in [0.4, 0.5) is 0 Å². The van der Waals surface area contributed by atoms with Gasteiger partial charge in [-0.3, -0.25) is 9.59 Å². The fourth-order valence-electron chi connectivity index (χ4n) is 2.87. The molecule has 0 heterocycles. The van der Waals surface area contributed by atoms with Crippen LogP contribution >= 0.6 is 0 Å². The smallest absolute Gasteiger partial charge is 0.314 e. The molecule has 4 nitrogen and oxygen atoms in total. The van der Waals surface area contributed by atoms with Gasteiger partial charge in [-0.15, -0.1) is 0 Å². The number of hydrogen-bond donors (Lipinski definition) is 1. The fourth-order valence-corrected chi connectivity index (χ4v) is 2.87. The van der Waals surface area contributed by atoms with Gasteiger partial charge in [0.05, 0.1) is 5.92 Å². The van der Waals surface area contributed by atoms with Crippen LogP contribution in [-0.2, 0) is 20.9 Å². The third-order valence-corrected chi connectivity index (χ3v) is 4.71. The van der Waals surface area contributed by atoms with Gasteiger partial charge in [-0.1, -0.05) is 74.9 Å². The summed E-state index contributed by atoms with van der Waals surface area (Å²) in [5.74, 6) is -0.862. The predicted molar refractivity (Wildman–Crippen MR) is 103 cm³/mol. The molecule has 138 valence electrons. The van der Waals surface area contributed by atoms with Crippen LogP contribution in [0.5, 0.6) is 0 Å². The lowest BCUT2D eigenvalue weighted by molar-refractivity contribution is -0.151. The molecule has 0 unspecified atom stereocenters. The molecule has 0 saturated carbocycles. The molecule has 0 aliphatic rings. The first-order valence-corrected chi connectivity index (χ1v) is 9.05. The normalized spacial score (nSPS) is 12.9. The van der Waals surface area contributed by atoms with Crippen molar-refractivity contribution in [1.82, 2.24) is 5.32 Å². The van der Waals surface area contributed by atoms with E-state index < -0.39 is 0 Å². The average molecular weight is 353 g/mol. The van der Waals surface area contributed by atoms with Gasteiger partial charge >= 0.3 is 5.97 Å². The number of carbonyl (C=O) groups excluding carboxylic acids is 2. The largest absolute Gasteiger partial charge is 0.455 e. The summed E-state index contributed by atoms with van der Waals surface area (Å²) in [6.45, 7) is 6.24. The quantitative estimate of drug-likeness (QED) is 0.730. The van der Waals surface area contributed by atoms with Crippen LogP contribution in [-0.4, -0.2) is 18.5 Å². The van der Waals surface area contributed by atoms with E-state index in [9.17, 15) is 9.59 Å². The number of amides is 1. The summed E-state index contributed by atoms with van der Waals surface area (Å²) in [5, 5.41) is 2.80. The molecule has 0 aliphatic carbocycles. The molecular formula is C22H27NO3. The first kappa shape index (κ1) is 19.7. The first-order valence-electron chi connectivity index (χ1n) is 9.05. The highest BCUT2D eigenvalue weighted by molar-refractivity contribution is 5.83. The second-order valence-electron chi connectivity index (χ2n) is 6.58. The Bertz CT molecular complexity index is 727. The Morgan fingerprint density at radius 2 is 1.69 bits per heavy atom. The Balaban J connectivity index is 1.91. The molecule has 0 aromatic heterocycles. The summed E-state index contributed by atoms with van der Waals surface area (Å²) >= 11 is 0. The summed E-state index contributed by atoms with van der Waals surface area (Å²) in [7, 11) is 0. The van der Waals surface area contributed by atoms with Crippen LogP contribution in [0.2, 0.25) is 0 Å². The minimum absolute atomic E-state index is 0.139. The highest BCUT2D eigenvalue weighted by Crippen LogP contribution is 2.28. The summed E-state index contributed by atoms with van der Waals surface area (Å²) in [4.78, 5) is 24.6. The maximum absolute atomic E-state index is 12.6. The van der Waals surface area contributed by atoms with Gasteiger partial charge in [-0.2, -0.15) is 0 Å². The maximum atomic E-state index is 12.6. The Morgan fingerprint density at radius 1 is 1.04 bits per heavy atom. The molecule has 2 aromatic carbocycles. The van der Waals surface area contributed by atoms with Gasteiger partial charge in [0.25, 0.3) is 5.91 Å². The van der Waals surface area contributed by atoms with E-state index in [1.165, 1.54) is 0 Å². The second kappa shape index (κ2) is 9.76. The van der Waals surface area contributed by atoms with E-state index in [1.807, 2.05) is 75.4 Å². The summed E-state index contributed by atoms with van der Waals surface area (Å²) in [6.07, 6.45) is 0.855. The number of nitrogens with one attached hydrogen (secondary N) is 1. The van der Waals surface area contributed by atoms with Gasteiger partial charge in [0.15, 0.2) is 6.61 Å². The predicted octanol–water partition coefficient (Wildman–Crippen LogP) is 3.98. The zero-order valence-electron chi connectivity index (χ0n) is 15.7.